The number of aliphatic hydroxyl groups is 2. The van der Waals surface area contributed by atoms with E-state index in [-0.39, 0.29) is 11.8 Å². The molecule has 19 heavy (non-hydrogen) atoms. The first kappa shape index (κ1) is 12.8. The minimum Gasteiger partial charge on any atom is -0.392 e. The normalized spacial score (nSPS) is 45.9. The average Bonchev–Trinajstić information content (AvgIpc) is 2.80. The van der Waals surface area contributed by atoms with Crippen LogP contribution in [0.25, 0.3) is 0 Å². The fraction of sp³-hybridized carbons (Fsp3) is 0.692. The van der Waals surface area contributed by atoms with Crippen molar-refractivity contribution in [3.63, 3.8) is 0 Å². The molecule has 6 nitrogen and oxygen atoms in total. The van der Waals surface area contributed by atoms with E-state index in [1.165, 1.54) is 0 Å². The van der Waals surface area contributed by atoms with Crippen molar-refractivity contribution >= 4 is 11.9 Å². The fourth-order valence-electron chi connectivity index (χ4n) is 3.43. The monoisotopic (exact) mass is 268 g/mol. The van der Waals surface area contributed by atoms with Crippen LogP contribution in [0.1, 0.15) is 19.8 Å². The van der Waals surface area contributed by atoms with Crippen molar-refractivity contribution in [2.45, 2.75) is 32.3 Å². The second-order valence-electron chi connectivity index (χ2n) is 5.52. The van der Waals surface area contributed by atoms with Gasteiger partial charge >= 0.3 is 11.9 Å². The zero-order chi connectivity index (χ0) is 13.7. The van der Waals surface area contributed by atoms with Crippen LogP contribution in [0.2, 0.25) is 0 Å². The van der Waals surface area contributed by atoms with Gasteiger partial charge in [0, 0.05) is 12.3 Å². The highest BCUT2D eigenvalue weighted by molar-refractivity contribution is 5.98. The van der Waals surface area contributed by atoms with E-state index in [2.05, 4.69) is 4.74 Å². The molecule has 1 aliphatic carbocycles. The van der Waals surface area contributed by atoms with Gasteiger partial charge in [-0.25, -0.2) is 0 Å². The zero-order valence-corrected chi connectivity index (χ0v) is 10.5. The molecule has 0 saturated carbocycles. The Morgan fingerprint density at radius 3 is 2.58 bits per heavy atom. The molecule has 2 saturated heterocycles. The minimum atomic E-state index is -1.03. The van der Waals surface area contributed by atoms with Gasteiger partial charge in [0.15, 0.2) is 12.6 Å². The molecular weight excluding hydrogens is 252 g/mol. The lowest BCUT2D eigenvalue weighted by Gasteiger charge is -2.30. The highest BCUT2D eigenvalue weighted by Crippen LogP contribution is 2.44. The third-order valence-corrected chi connectivity index (χ3v) is 4.34. The summed E-state index contributed by atoms with van der Waals surface area (Å²) in [4.78, 5) is 23.2. The van der Waals surface area contributed by atoms with Crippen LogP contribution in [0.15, 0.2) is 11.6 Å². The smallest absolute Gasteiger partial charge is 0.321 e. The Bertz CT molecular complexity index is 456. The summed E-state index contributed by atoms with van der Waals surface area (Å²) in [5.41, 5.74) is 0.797. The van der Waals surface area contributed by atoms with Gasteiger partial charge in [0.05, 0.1) is 11.8 Å². The number of ether oxygens (including phenoxy) is 2. The van der Waals surface area contributed by atoms with Crippen molar-refractivity contribution in [2.24, 2.45) is 23.7 Å². The summed E-state index contributed by atoms with van der Waals surface area (Å²) in [6, 6.07) is 0. The van der Waals surface area contributed by atoms with Crippen molar-refractivity contribution in [1.82, 2.24) is 0 Å². The Hall–Kier alpha value is -1.24. The first-order valence-electron chi connectivity index (χ1n) is 6.43. The van der Waals surface area contributed by atoms with E-state index in [4.69, 9.17) is 4.74 Å². The van der Waals surface area contributed by atoms with Crippen LogP contribution in [0.3, 0.4) is 0 Å². The molecule has 2 aliphatic heterocycles. The Morgan fingerprint density at radius 1 is 1.21 bits per heavy atom. The lowest BCUT2D eigenvalue weighted by atomic mass is 9.71. The van der Waals surface area contributed by atoms with Gasteiger partial charge in [-0.3, -0.25) is 9.59 Å². The molecule has 0 spiro atoms. The second-order valence-corrected chi connectivity index (χ2v) is 5.52. The Labute approximate surface area is 110 Å². The Balaban J connectivity index is 1.85. The summed E-state index contributed by atoms with van der Waals surface area (Å²) < 4.78 is 9.60. The summed E-state index contributed by atoms with van der Waals surface area (Å²) in [6.07, 6.45) is 0.675. The van der Waals surface area contributed by atoms with Gasteiger partial charge in [-0.1, -0.05) is 11.6 Å². The highest BCUT2D eigenvalue weighted by atomic mass is 16.7. The number of esters is 2. The molecule has 6 heteroatoms. The standard InChI is InChI=1S/C13H16O6/c1-5-2-6(7-4-9(14)18-11(7)15)3-8-10(5)13(17)19-12(8)16/h2,6-11,14-15H,3-4H2,1H3. The Morgan fingerprint density at radius 2 is 1.95 bits per heavy atom. The number of carbonyl (C=O) groups excluding carboxylic acids is 2. The molecule has 0 aromatic heterocycles. The predicted molar refractivity (Wildman–Crippen MR) is 61.1 cm³/mol. The predicted octanol–water partition coefficient (Wildman–Crippen LogP) is -0.0583. The van der Waals surface area contributed by atoms with Gasteiger partial charge < -0.3 is 19.7 Å². The maximum absolute atomic E-state index is 11.7. The lowest BCUT2D eigenvalue weighted by Crippen LogP contribution is -2.32. The number of hydrogen-bond acceptors (Lipinski definition) is 6. The van der Waals surface area contributed by atoms with Gasteiger partial charge in [0.1, 0.15) is 0 Å². The third kappa shape index (κ3) is 2.00. The summed E-state index contributed by atoms with van der Waals surface area (Å²) in [7, 11) is 0. The van der Waals surface area contributed by atoms with E-state index in [1.54, 1.807) is 6.92 Å². The molecule has 6 atom stereocenters. The van der Waals surface area contributed by atoms with Crippen molar-refractivity contribution in [3.8, 4) is 0 Å². The van der Waals surface area contributed by atoms with Crippen molar-refractivity contribution < 1.29 is 29.3 Å². The van der Waals surface area contributed by atoms with Crippen LogP contribution >= 0.6 is 0 Å². The maximum Gasteiger partial charge on any atom is 0.321 e. The number of rotatable bonds is 1. The SMILES string of the molecule is CC1=CC(C2CC(O)OC2O)CC2C(=O)OC(=O)C12. The molecule has 3 rings (SSSR count). The van der Waals surface area contributed by atoms with Crippen molar-refractivity contribution in [1.29, 1.82) is 0 Å². The highest BCUT2D eigenvalue weighted by Gasteiger charge is 2.50. The molecule has 0 radical (unpaired) electrons. The van der Waals surface area contributed by atoms with E-state index in [9.17, 15) is 19.8 Å². The van der Waals surface area contributed by atoms with Crippen LogP contribution in [0.5, 0.6) is 0 Å². The van der Waals surface area contributed by atoms with Crippen LogP contribution in [0.4, 0.5) is 0 Å². The molecule has 3 aliphatic rings. The minimum absolute atomic E-state index is 0.0909. The van der Waals surface area contributed by atoms with Gasteiger partial charge in [-0.15, -0.1) is 0 Å². The topological polar surface area (TPSA) is 93.1 Å². The summed E-state index contributed by atoms with van der Waals surface area (Å²) in [6.45, 7) is 1.79. The van der Waals surface area contributed by atoms with E-state index in [1.807, 2.05) is 6.08 Å². The van der Waals surface area contributed by atoms with Crippen LogP contribution in [-0.4, -0.2) is 34.7 Å². The molecule has 2 heterocycles. The van der Waals surface area contributed by atoms with Gasteiger partial charge in [-0.2, -0.15) is 0 Å². The molecule has 2 fully saturated rings. The molecular formula is C13H16O6. The quantitative estimate of drug-likeness (QED) is 0.393. The molecule has 6 unspecified atom stereocenters. The van der Waals surface area contributed by atoms with Gasteiger partial charge in [0.25, 0.3) is 0 Å². The van der Waals surface area contributed by atoms with Crippen molar-refractivity contribution in [3.05, 3.63) is 11.6 Å². The number of aliphatic hydroxyl groups excluding tert-OH is 2. The maximum atomic E-state index is 11.7. The van der Waals surface area contributed by atoms with Crippen LogP contribution in [0, 0.1) is 23.7 Å². The van der Waals surface area contributed by atoms with E-state index in [0.29, 0.717) is 12.8 Å². The van der Waals surface area contributed by atoms with E-state index >= 15 is 0 Å². The molecule has 2 N–H and O–H groups in total. The fourth-order valence-corrected chi connectivity index (χ4v) is 3.43. The number of cyclic esters (lactones) is 2. The first-order valence-corrected chi connectivity index (χ1v) is 6.43. The molecule has 104 valence electrons. The van der Waals surface area contributed by atoms with E-state index < -0.39 is 36.4 Å². The Kier molecular flexibility index (Phi) is 2.96. The van der Waals surface area contributed by atoms with Crippen LogP contribution in [-0.2, 0) is 19.1 Å². The molecule has 0 bridgehead atoms. The number of allylic oxidation sites excluding steroid dienone is 1. The van der Waals surface area contributed by atoms with Crippen molar-refractivity contribution in [2.75, 3.05) is 0 Å². The van der Waals surface area contributed by atoms with Gasteiger partial charge in [0.2, 0.25) is 0 Å². The number of carbonyl (C=O) groups is 2. The summed E-state index contributed by atoms with van der Waals surface area (Å²) in [5, 5.41) is 19.2. The molecule has 0 aromatic rings. The number of fused-ring (bicyclic) bond motifs is 1. The molecule has 0 amide bonds. The number of hydrogen-bond donors (Lipinski definition) is 2. The van der Waals surface area contributed by atoms with Gasteiger partial charge in [-0.05, 0) is 19.3 Å². The zero-order valence-electron chi connectivity index (χ0n) is 10.5. The molecule has 0 aromatic carbocycles. The largest absolute Gasteiger partial charge is 0.392 e. The second kappa shape index (κ2) is 4.40. The third-order valence-electron chi connectivity index (χ3n) is 4.34. The first-order chi connectivity index (χ1) is 8.97. The van der Waals surface area contributed by atoms with Crippen LogP contribution < -0.4 is 0 Å². The summed E-state index contributed by atoms with van der Waals surface area (Å²) in [5.74, 6) is -2.26. The summed E-state index contributed by atoms with van der Waals surface area (Å²) >= 11 is 0. The van der Waals surface area contributed by atoms with E-state index in [0.717, 1.165) is 5.57 Å². The lowest BCUT2D eigenvalue weighted by molar-refractivity contribution is -0.171. The average molecular weight is 268 g/mol.